The number of hydrogen-bond donors (Lipinski definition) is 1. The van der Waals surface area contributed by atoms with Crippen molar-refractivity contribution in [2.24, 2.45) is 0 Å². The van der Waals surface area contributed by atoms with Gasteiger partial charge in [0.05, 0.1) is 15.1 Å². The fourth-order valence-electron chi connectivity index (χ4n) is 2.36. The maximum atomic E-state index is 12.3. The Hall–Kier alpha value is -1.97. The highest BCUT2D eigenvalue weighted by atomic mass is 35.5. The number of ether oxygens (including phenoxy) is 2. The van der Waals surface area contributed by atoms with Crippen molar-refractivity contribution in [2.75, 3.05) is 5.32 Å². The standard InChI is InChI=1S/C19H9Cl5F3NO4/c20-12-13(21)15(23)17(16(24)14(12)22)30-7-10-5-6-11(31-10)18(29)28-8-1-3-9(4-2-8)32-19(25,26)27/h1-6H,7H2,(H,28,29). The van der Waals surface area contributed by atoms with Crippen molar-refractivity contribution in [3.63, 3.8) is 0 Å². The second kappa shape index (κ2) is 9.89. The molecule has 0 fully saturated rings. The van der Waals surface area contributed by atoms with E-state index in [0.717, 1.165) is 12.1 Å². The Morgan fingerprint density at radius 2 is 1.44 bits per heavy atom. The van der Waals surface area contributed by atoms with Crippen LogP contribution in [0.25, 0.3) is 0 Å². The zero-order valence-electron chi connectivity index (χ0n) is 15.3. The molecule has 3 aromatic rings. The first-order valence-electron chi connectivity index (χ1n) is 8.36. The van der Waals surface area contributed by atoms with E-state index in [1.54, 1.807) is 0 Å². The molecule has 3 rings (SSSR count). The predicted molar refractivity (Wildman–Crippen MR) is 116 cm³/mol. The molecule has 0 saturated carbocycles. The summed E-state index contributed by atoms with van der Waals surface area (Å²) in [6, 6.07) is 7.44. The molecule has 1 heterocycles. The molecule has 0 atom stereocenters. The van der Waals surface area contributed by atoms with Gasteiger partial charge in [-0.1, -0.05) is 58.0 Å². The van der Waals surface area contributed by atoms with E-state index in [9.17, 15) is 18.0 Å². The Morgan fingerprint density at radius 1 is 0.875 bits per heavy atom. The number of benzene rings is 2. The third-order valence-electron chi connectivity index (χ3n) is 3.76. The lowest BCUT2D eigenvalue weighted by Crippen LogP contribution is -2.17. The zero-order valence-corrected chi connectivity index (χ0v) is 19.1. The third-order valence-corrected chi connectivity index (χ3v) is 6.00. The summed E-state index contributed by atoms with van der Waals surface area (Å²) in [4.78, 5) is 12.3. The number of carbonyl (C=O) groups is 1. The molecule has 0 saturated heterocycles. The van der Waals surface area contributed by atoms with Gasteiger partial charge in [-0.05, 0) is 36.4 Å². The second-order valence-electron chi connectivity index (χ2n) is 5.98. The lowest BCUT2D eigenvalue weighted by molar-refractivity contribution is -0.274. The number of hydrogen-bond acceptors (Lipinski definition) is 4. The largest absolute Gasteiger partial charge is 0.573 e. The van der Waals surface area contributed by atoms with Crippen LogP contribution in [0.1, 0.15) is 16.3 Å². The normalized spacial score (nSPS) is 11.4. The number of nitrogens with one attached hydrogen (secondary N) is 1. The Labute approximate surface area is 203 Å². The average molecular weight is 550 g/mol. The predicted octanol–water partition coefficient (Wildman–Crippen LogP) is 8.28. The lowest BCUT2D eigenvalue weighted by Gasteiger charge is -2.12. The number of halogens is 8. The molecule has 13 heteroatoms. The van der Waals surface area contributed by atoms with Crippen LogP contribution in [0.4, 0.5) is 18.9 Å². The Balaban J connectivity index is 1.64. The number of amides is 1. The Kier molecular flexibility index (Phi) is 7.62. The molecular formula is C19H9Cl5F3NO4. The van der Waals surface area contributed by atoms with Crippen molar-refractivity contribution < 1.29 is 31.9 Å². The van der Waals surface area contributed by atoms with E-state index in [0.29, 0.717) is 0 Å². The van der Waals surface area contributed by atoms with Gasteiger partial charge < -0.3 is 19.2 Å². The monoisotopic (exact) mass is 547 g/mol. The van der Waals surface area contributed by atoms with Crippen molar-refractivity contribution in [1.29, 1.82) is 0 Å². The average Bonchev–Trinajstić information content (AvgIpc) is 3.20. The molecule has 1 aromatic heterocycles. The van der Waals surface area contributed by atoms with Crippen molar-refractivity contribution in [2.45, 2.75) is 13.0 Å². The van der Waals surface area contributed by atoms with Crippen molar-refractivity contribution in [1.82, 2.24) is 0 Å². The van der Waals surface area contributed by atoms with Gasteiger partial charge in [0.15, 0.2) is 11.5 Å². The summed E-state index contributed by atoms with van der Waals surface area (Å²) in [6.07, 6.45) is -4.81. The third kappa shape index (κ3) is 5.88. The quantitative estimate of drug-likeness (QED) is 0.248. The molecule has 0 aliphatic heterocycles. The molecule has 5 nitrogen and oxygen atoms in total. The number of furan rings is 1. The van der Waals surface area contributed by atoms with Gasteiger partial charge in [-0.15, -0.1) is 13.2 Å². The summed E-state index contributed by atoms with van der Waals surface area (Å²) in [5, 5.41) is 2.28. The molecule has 0 aliphatic carbocycles. The van der Waals surface area contributed by atoms with Crippen LogP contribution in [0, 0.1) is 0 Å². The molecule has 0 bridgehead atoms. The molecular weight excluding hydrogens is 540 g/mol. The smallest absolute Gasteiger partial charge is 0.482 e. The highest BCUT2D eigenvalue weighted by molar-refractivity contribution is 6.55. The summed E-state index contributed by atoms with van der Waals surface area (Å²) in [7, 11) is 0. The maximum absolute atomic E-state index is 12.3. The summed E-state index contributed by atoms with van der Waals surface area (Å²) in [6.45, 7) is -0.176. The van der Waals surface area contributed by atoms with Gasteiger partial charge in [-0.3, -0.25) is 4.79 Å². The van der Waals surface area contributed by atoms with Crippen LogP contribution in [0.3, 0.4) is 0 Å². The first-order valence-corrected chi connectivity index (χ1v) is 10.3. The lowest BCUT2D eigenvalue weighted by atomic mass is 10.3. The van der Waals surface area contributed by atoms with Crippen LogP contribution in [-0.2, 0) is 6.61 Å². The minimum atomic E-state index is -4.81. The first kappa shape index (κ1) is 24.7. The summed E-state index contributed by atoms with van der Waals surface area (Å²) in [5.74, 6) is -0.930. The molecule has 1 amide bonds. The maximum Gasteiger partial charge on any atom is 0.573 e. The van der Waals surface area contributed by atoms with Crippen LogP contribution in [0.2, 0.25) is 25.1 Å². The topological polar surface area (TPSA) is 60.7 Å². The molecule has 0 spiro atoms. The van der Waals surface area contributed by atoms with E-state index < -0.39 is 18.0 Å². The van der Waals surface area contributed by atoms with Gasteiger partial charge >= 0.3 is 6.36 Å². The van der Waals surface area contributed by atoms with Crippen LogP contribution in [0.15, 0.2) is 40.8 Å². The summed E-state index contributed by atoms with van der Waals surface area (Å²) in [5.41, 5.74) is 0.225. The number of anilines is 1. The summed E-state index contributed by atoms with van der Waals surface area (Å²) >= 11 is 30.0. The van der Waals surface area contributed by atoms with Gasteiger partial charge in [0.2, 0.25) is 0 Å². The number of alkyl halides is 3. The van der Waals surface area contributed by atoms with E-state index in [4.69, 9.17) is 67.2 Å². The number of rotatable bonds is 6. The molecule has 0 aliphatic rings. The highest BCUT2D eigenvalue weighted by Crippen LogP contribution is 2.48. The minimum absolute atomic E-state index is 0.0173. The van der Waals surface area contributed by atoms with Gasteiger partial charge in [-0.2, -0.15) is 0 Å². The van der Waals surface area contributed by atoms with E-state index in [1.165, 1.54) is 24.3 Å². The van der Waals surface area contributed by atoms with E-state index in [2.05, 4.69) is 10.1 Å². The molecule has 32 heavy (non-hydrogen) atoms. The molecule has 2 aromatic carbocycles. The molecule has 1 N–H and O–H groups in total. The van der Waals surface area contributed by atoms with Gasteiger partial charge in [0.25, 0.3) is 5.91 Å². The Bertz CT molecular complexity index is 1120. The van der Waals surface area contributed by atoms with E-state index in [-0.39, 0.29) is 54.7 Å². The van der Waals surface area contributed by atoms with Crippen LogP contribution >= 0.6 is 58.0 Å². The highest BCUT2D eigenvalue weighted by Gasteiger charge is 2.31. The van der Waals surface area contributed by atoms with Gasteiger partial charge in [-0.25, -0.2) is 0 Å². The second-order valence-corrected chi connectivity index (χ2v) is 7.87. The molecule has 0 unspecified atom stereocenters. The summed E-state index contributed by atoms with van der Waals surface area (Å²) < 4.78 is 51.3. The van der Waals surface area contributed by atoms with Crippen LogP contribution in [-0.4, -0.2) is 12.3 Å². The fourth-order valence-corrected chi connectivity index (χ4v) is 3.60. The van der Waals surface area contributed by atoms with Crippen molar-refractivity contribution in [3.05, 3.63) is 73.0 Å². The van der Waals surface area contributed by atoms with Crippen molar-refractivity contribution in [3.8, 4) is 11.5 Å². The molecule has 170 valence electrons. The van der Waals surface area contributed by atoms with Crippen LogP contribution < -0.4 is 14.8 Å². The zero-order chi connectivity index (χ0) is 23.6. The van der Waals surface area contributed by atoms with E-state index >= 15 is 0 Å². The van der Waals surface area contributed by atoms with Crippen LogP contribution in [0.5, 0.6) is 11.5 Å². The molecule has 0 radical (unpaired) electrons. The SMILES string of the molecule is O=C(Nc1ccc(OC(F)(F)F)cc1)c1ccc(COc2c(Cl)c(Cl)c(Cl)c(Cl)c2Cl)o1. The van der Waals surface area contributed by atoms with Gasteiger partial charge in [0, 0.05) is 5.69 Å². The Morgan fingerprint density at radius 3 is 2.00 bits per heavy atom. The minimum Gasteiger partial charge on any atom is -0.482 e. The van der Waals surface area contributed by atoms with E-state index in [1.807, 2.05) is 0 Å². The van der Waals surface area contributed by atoms with Gasteiger partial charge in [0.1, 0.15) is 28.2 Å². The fraction of sp³-hybridized carbons (Fsp3) is 0.105. The van der Waals surface area contributed by atoms with Crippen molar-refractivity contribution >= 4 is 69.6 Å². The first-order chi connectivity index (χ1) is 15.0. The number of carbonyl (C=O) groups excluding carboxylic acids is 1.